The number of carbonyl (C=O) groups is 4. The minimum absolute atomic E-state index is 0.0518. The van der Waals surface area contributed by atoms with Crippen LogP contribution in [0.5, 0.6) is 11.5 Å². The molecule has 1 atom stereocenters. The van der Waals surface area contributed by atoms with E-state index in [0.29, 0.717) is 22.0 Å². The second-order valence-electron chi connectivity index (χ2n) is 8.53. The number of ketones is 1. The number of anilines is 1. The summed E-state index contributed by atoms with van der Waals surface area (Å²) in [6, 6.07) is 17.8. The Kier molecular flexibility index (Phi) is 7.89. The van der Waals surface area contributed by atoms with E-state index >= 15 is 0 Å². The lowest BCUT2D eigenvalue weighted by Gasteiger charge is -2.19. The Bertz CT molecular complexity index is 1340. The molecule has 0 bridgehead atoms. The van der Waals surface area contributed by atoms with Gasteiger partial charge < -0.3 is 19.1 Å². The Balaban J connectivity index is 1.31. The molecule has 4 rings (SSSR count). The van der Waals surface area contributed by atoms with Gasteiger partial charge in [0.15, 0.2) is 12.4 Å². The zero-order valence-electron chi connectivity index (χ0n) is 20.2. The lowest BCUT2D eigenvalue weighted by Crippen LogP contribution is -2.27. The molecular weight excluding hydrogens is 498 g/mol. The number of benzene rings is 3. The predicted octanol–water partition coefficient (Wildman–Crippen LogP) is 4.66. The summed E-state index contributed by atoms with van der Waals surface area (Å²) in [4.78, 5) is 51.4. The molecule has 190 valence electrons. The van der Waals surface area contributed by atoms with Crippen LogP contribution >= 0.6 is 11.6 Å². The molecule has 1 fully saturated rings. The molecule has 3 aromatic carbocycles. The predicted molar refractivity (Wildman–Crippen MR) is 136 cm³/mol. The Labute approximate surface area is 218 Å². The van der Waals surface area contributed by atoms with Crippen molar-refractivity contribution in [3.63, 3.8) is 0 Å². The molecule has 0 unspecified atom stereocenters. The van der Waals surface area contributed by atoms with Crippen LogP contribution in [0, 0.1) is 12.8 Å². The SMILES string of the molecule is COc1ccc(Cl)cc1N1C[C@H](C(=O)OCC(=O)c2ccc(OC(=O)c3ccc(C)cc3)cc2)CC1=O. The molecule has 0 radical (unpaired) electrons. The Morgan fingerprint density at radius 1 is 0.973 bits per heavy atom. The number of nitrogens with zero attached hydrogens (tertiary/aromatic N) is 1. The summed E-state index contributed by atoms with van der Waals surface area (Å²) in [5.41, 5.74) is 2.19. The number of hydrogen-bond donors (Lipinski definition) is 0. The summed E-state index contributed by atoms with van der Waals surface area (Å²) < 4.78 is 15.8. The molecule has 1 heterocycles. The lowest BCUT2D eigenvalue weighted by molar-refractivity contribution is -0.147. The Morgan fingerprint density at radius 2 is 1.65 bits per heavy atom. The average Bonchev–Trinajstić information content (AvgIpc) is 3.29. The first kappa shape index (κ1) is 25.9. The van der Waals surface area contributed by atoms with Crippen molar-refractivity contribution in [3.05, 3.63) is 88.4 Å². The summed E-state index contributed by atoms with van der Waals surface area (Å²) in [6.07, 6.45) is -0.0518. The summed E-state index contributed by atoms with van der Waals surface area (Å²) in [5.74, 6) is -1.85. The van der Waals surface area contributed by atoms with Crippen LogP contribution in [-0.2, 0) is 14.3 Å². The van der Waals surface area contributed by atoms with Crippen LogP contribution in [0.4, 0.5) is 5.69 Å². The van der Waals surface area contributed by atoms with Crippen molar-refractivity contribution in [1.29, 1.82) is 0 Å². The third-order valence-corrected chi connectivity index (χ3v) is 6.14. The fraction of sp³-hybridized carbons (Fsp3) is 0.214. The van der Waals surface area contributed by atoms with Crippen LogP contribution < -0.4 is 14.4 Å². The smallest absolute Gasteiger partial charge is 0.343 e. The van der Waals surface area contributed by atoms with Crippen LogP contribution in [0.3, 0.4) is 0 Å². The molecular formula is C28H24ClNO7. The normalized spacial score (nSPS) is 14.8. The zero-order chi connectivity index (χ0) is 26.5. The van der Waals surface area contributed by atoms with E-state index in [-0.39, 0.29) is 30.2 Å². The third kappa shape index (κ3) is 6.16. The van der Waals surface area contributed by atoms with Crippen molar-refractivity contribution in [2.75, 3.05) is 25.2 Å². The Morgan fingerprint density at radius 3 is 2.32 bits per heavy atom. The lowest BCUT2D eigenvalue weighted by atomic mass is 10.1. The number of amides is 1. The van der Waals surface area contributed by atoms with E-state index in [0.717, 1.165) is 5.56 Å². The summed E-state index contributed by atoms with van der Waals surface area (Å²) >= 11 is 6.06. The number of aryl methyl sites for hydroxylation is 1. The van der Waals surface area contributed by atoms with Gasteiger partial charge in [0.05, 0.1) is 24.3 Å². The molecule has 0 N–H and O–H groups in total. The fourth-order valence-electron chi connectivity index (χ4n) is 3.87. The first-order valence-corrected chi connectivity index (χ1v) is 11.9. The molecule has 3 aromatic rings. The molecule has 37 heavy (non-hydrogen) atoms. The van der Waals surface area contributed by atoms with Crippen LogP contribution in [0.25, 0.3) is 0 Å². The standard InChI is InChI=1S/C28H24ClNO7/c1-17-3-5-19(6-4-17)28(34)37-22-10-7-18(8-11-22)24(31)16-36-27(33)20-13-26(32)30(15-20)23-14-21(29)9-12-25(23)35-2/h3-12,14,20H,13,15-16H2,1-2H3/t20-/m1/s1. The molecule has 1 aliphatic rings. The summed E-state index contributed by atoms with van der Waals surface area (Å²) in [7, 11) is 1.48. The van der Waals surface area contributed by atoms with Gasteiger partial charge in [-0.3, -0.25) is 14.4 Å². The van der Waals surface area contributed by atoms with Crippen molar-refractivity contribution in [2.24, 2.45) is 5.92 Å². The van der Waals surface area contributed by atoms with E-state index in [1.54, 1.807) is 30.3 Å². The maximum atomic E-state index is 12.6. The van der Waals surface area contributed by atoms with Gasteiger partial charge in [0, 0.05) is 23.6 Å². The molecule has 1 amide bonds. The molecule has 0 saturated carbocycles. The zero-order valence-corrected chi connectivity index (χ0v) is 21.0. The highest BCUT2D eigenvalue weighted by molar-refractivity contribution is 6.31. The Hall–Kier alpha value is -4.17. The summed E-state index contributed by atoms with van der Waals surface area (Å²) in [6.45, 7) is 1.53. The van der Waals surface area contributed by atoms with Gasteiger partial charge >= 0.3 is 11.9 Å². The molecule has 0 aromatic heterocycles. The number of halogens is 1. The minimum Gasteiger partial charge on any atom is -0.495 e. The van der Waals surface area contributed by atoms with Crippen LogP contribution in [0.2, 0.25) is 5.02 Å². The quantitative estimate of drug-likeness (QED) is 0.241. The number of esters is 2. The number of hydrogen-bond acceptors (Lipinski definition) is 7. The third-order valence-electron chi connectivity index (χ3n) is 5.91. The second-order valence-corrected chi connectivity index (χ2v) is 8.97. The van der Waals surface area contributed by atoms with E-state index in [1.807, 2.05) is 19.1 Å². The van der Waals surface area contributed by atoms with Crippen molar-refractivity contribution < 1.29 is 33.4 Å². The van der Waals surface area contributed by atoms with E-state index in [9.17, 15) is 19.2 Å². The van der Waals surface area contributed by atoms with Gasteiger partial charge in [0.25, 0.3) is 0 Å². The van der Waals surface area contributed by atoms with Crippen molar-refractivity contribution in [2.45, 2.75) is 13.3 Å². The molecule has 1 saturated heterocycles. The van der Waals surface area contributed by atoms with Gasteiger partial charge in [-0.25, -0.2) is 4.79 Å². The van der Waals surface area contributed by atoms with Gasteiger partial charge in [-0.1, -0.05) is 29.3 Å². The van der Waals surface area contributed by atoms with Crippen molar-refractivity contribution in [3.8, 4) is 11.5 Å². The highest BCUT2D eigenvalue weighted by Crippen LogP contribution is 2.35. The van der Waals surface area contributed by atoms with E-state index in [4.69, 9.17) is 25.8 Å². The number of methoxy groups -OCH3 is 1. The van der Waals surface area contributed by atoms with E-state index < -0.39 is 30.2 Å². The minimum atomic E-state index is -0.729. The van der Waals surface area contributed by atoms with Crippen molar-refractivity contribution >= 4 is 40.9 Å². The average molecular weight is 522 g/mol. The molecule has 1 aliphatic heterocycles. The molecule has 0 aliphatic carbocycles. The largest absolute Gasteiger partial charge is 0.495 e. The number of Topliss-reactive ketones (excluding diaryl/α,β-unsaturated/α-hetero) is 1. The number of ether oxygens (including phenoxy) is 3. The highest BCUT2D eigenvalue weighted by atomic mass is 35.5. The highest BCUT2D eigenvalue weighted by Gasteiger charge is 2.37. The van der Waals surface area contributed by atoms with Gasteiger partial charge in [-0.05, 0) is 61.5 Å². The maximum absolute atomic E-state index is 12.6. The molecule has 8 nitrogen and oxygen atoms in total. The monoisotopic (exact) mass is 521 g/mol. The van der Waals surface area contributed by atoms with Gasteiger partial charge in [0.1, 0.15) is 11.5 Å². The number of rotatable bonds is 8. The van der Waals surface area contributed by atoms with Crippen LogP contribution in [0.1, 0.15) is 32.7 Å². The molecule has 0 spiro atoms. The van der Waals surface area contributed by atoms with Crippen LogP contribution in [0.15, 0.2) is 66.7 Å². The van der Waals surface area contributed by atoms with E-state index in [2.05, 4.69) is 0 Å². The van der Waals surface area contributed by atoms with Crippen molar-refractivity contribution in [1.82, 2.24) is 0 Å². The first-order chi connectivity index (χ1) is 17.7. The van der Waals surface area contributed by atoms with Crippen LogP contribution in [-0.4, -0.2) is 43.9 Å². The van der Waals surface area contributed by atoms with Gasteiger partial charge in [-0.15, -0.1) is 0 Å². The van der Waals surface area contributed by atoms with Gasteiger partial charge in [-0.2, -0.15) is 0 Å². The van der Waals surface area contributed by atoms with Gasteiger partial charge in [0.2, 0.25) is 5.91 Å². The van der Waals surface area contributed by atoms with E-state index in [1.165, 1.54) is 36.3 Å². The molecule has 9 heteroatoms. The first-order valence-electron chi connectivity index (χ1n) is 11.5. The summed E-state index contributed by atoms with van der Waals surface area (Å²) in [5, 5.41) is 0.427. The maximum Gasteiger partial charge on any atom is 0.343 e. The number of carbonyl (C=O) groups excluding carboxylic acids is 4. The fourth-order valence-corrected chi connectivity index (χ4v) is 4.04. The topological polar surface area (TPSA) is 99.2 Å². The second kappa shape index (κ2) is 11.3.